The number of rotatable bonds is 5. The summed E-state index contributed by atoms with van der Waals surface area (Å²) in [6.07, 6.45) is 1.15. The maximum Gasteiger partial charge on any atom is 0.355 e. The minimum absolute atomic E-state index is 0.0187. The lowest BCUT2D eigenvalue weighted by atomic mass is 10.1. The van der Waals surface area contributed by atoms with Crippen LogP contribution in [0.4, 0.5) is 4.79 Å². The van der Waals surface area contributed by atoms with Crippen LogP contribution >= 0.6 is 23.1 Å². The van der Waals surface area contributed by atoms with Crippen LogP contribution in [0.5, 0.6) is 0 Å². The van der Waals surface area contributed by atoms with Crippen molar-refractivity contribution in [3.63, 3.8) is 0 Å². The number of nitrogens with zero attached hydrogens (tertiary/aromatic N) is 1. The van der Waals surface area contributed by atoms with Crippen LogP contribution in [0.15, 0.2) is 5.38 Å². The van der Waals surface area contributed by atoms with Crippen molar-refractivity contribution in [3.8, 4) is 0 Å². The van der Waals surface area contributed by atoms with Gasteiger partial charge in [-0.25, -0.2) is 14.6 Å². The normalized spacial score (nSPS) is 18.2. The van der Waals surface area contributed by atoms with Crippen molar-refractivity contribution in [1.29, 1.82) is 0 Å². The van der Waals surface area contributed by atoms with E-state index in [2.05, 4.69) is 15.6 Å². The standard InChI is InChI=1S/C11H15N3O3S2/c15-10(16)8-6-19-9(14-8)4-13-11(17)12-3-7-1-2-18-5-7/h6-7H,1-5H2,(H,15,16)(H2,12,13,17). The van der Waals surface area contributed by atoms with E-state index in [9.17, 15) is 9.59 Å². The number of urea groups is 1. The number of carbonyl (C=O) groups excluding carboxylic acids is 1. The van der Waals surface area contributed by atoms with Crippen molar-refractivity contribution >= 4 is 35.1 Å². The second-order valence-corrected chi connectivity index (χ2v) is 6.32. The fourth-order valence-corrected chi connectivity index (χ4v) is 3.68. The zero-order valence-corrected chi connectivity index (χ0v) is 11.9. The second kappa shape index (κ2) is 6.76. The molecule has 19 heavy (non-hydrogen) atoms. The minimum Gasteiger partial charge on any atom is -0.476 e. The number of hydrogen-bond acceptors (Lipinski definition) is 5. The van der Waals surface area contributed by atoms with E-state index in [-0.39, 0.29) is 18.3 Å². The van der Waals surface area contributed by atoms with Crippen molar-refractivity contribution in [2.24, 2.45) is 5.92 Å². The molecule has 8 heteroatoms. The summed E-state index contributed by atoms with van der Waals surface area (Å²) < 4.78 is 0. The first-order valence-corrected chi connectivity index (χ1v) is 7.95. The van der Waals surface area contributed by atoms with E-state index >= 15 is 0 Å². The third kappa shape index (κ3) is 4.39. The lowest BCUT2D eigenvalue weighted by Gasteiger charge is -2.10. The zero-order chi connectivity index (χ0) is 13.7. The molecule has 104 valence electrons. The molecule has 0 aromatic carbocycles. The van der Waals surface area contributed by atoms with Gasteiger partial charge in [0.2, 0.25) is 0 Å². The van der Waals surface area contributed by atoms with Gasteiger partial charge in [-0.2, -0.15) is 11.8 Å². The lowest BCUT2D eigenvalue weighted by Crippen LogP contribution is -2.37. The largest absolute Gasteiger partial charge is 0.476 e. The number of thiazole rings is 1. The first kappa shape index (κ1) is 14.1. The third-order valence-corrected chi connectivity index (χ3v) is 4.83. The van der Waals surface area contributed by atoms with Gasteiger partial charge in [0, 0.05) is 11.9 Å². The van der Waals surface area contributed by atoms with Gasteiger partial charge < -0.3 is 15.7 Å². The van der Waals surface area contributed by atoms with Gasteiger partial charge in [0.05, 0.1) is 6.54 Å². The highest BCUT2D eigenvalue weighted by molar-refractivity contribution is 7.99. The number of aromatic nitrogens is 1. The van der Waals surface area contributed by atoms with Crippen LogP contribution in [0, 0.1) is 5.92 Å². The Morgan fingerprint density at radius 1 is 1.47 bits per heavy atom. The highest BCUT2D eigenvalue weighted by atomic mass is 32.2. The van der Waals surface area contributed by atoms with Gasteiger partial charge in [0.25, 0.3) is 0 Å². The van der Waals surface area contributed by atoms with Gasteiger partial charge in [-0.05, 0) is 23.8 Å². The number of amides is 2. The van der Waals surface area contributed by atoms with Gasteiger partial charge in [-0.3, -0.25) is 0 Å². The van der Waals surface area contributed by atoms with Gasteiger partial charge in [0.1, 0.15) is 5.01 Å². The summed E-state index contributed by atoms with van der Waals surface area (Å²) >= 11 is 3.14. The maximum atomic E-state index is 11.5. The predicted molar refractivity (Wildman–Crippen MR) is 74.7 cm³/mol. The van der Waals surface area contributed by atoms with Crippen molar-refractivity contribution in [3.05, 3.63) is 16.1 Å². The Balaban J connectivity index is 1.68. The van der Waals surface area contributed by atoms with Gasteiger partial charge in [-0.15, -0.1) is 11.3 Å². The molecule has 1 unspecified atom stereocenters. The molecule has 0 spiro atoms. The number of aromatic carboxylic acids is 1. The maximum absolute atomic E-state index is 11.5. The molecule has 1 aliphatic rings. The molecule has 2 amide bonds. The molecule has 0 radical (unpaired) electrons. The van der Waals surface area contributed by atoms with E-state index < -0.39 is 5.97 Å². The van der Waals surface area contributed by atoms with E-state index in [0.717, 1.165) is 12.2 Å². The minimum atomic E-state index is -1.05. The van der Waals surface area contributed by atoms with Gasteiger partial charge in [0.15, 0.2) is 5.69 Å². The van der Waals surface area contributed by atoms with E-state index in [0.29, 0.717) is 17.5 Å². The molecule has 3 N–H and O–H groups in total. The van der Waals surface area contributed by atoms with Crippen LogP contribution in [-0.4, -0.2) is 40.1 Å². The van der Waals surface area contributed by atoms with E-state index in [1.54, 1.807) is 0 Å². The topological polar surface area (TPSA) is 91.3 Å². The monoisotopic (exact) mass is 301 g/mol. The number of thioether (sulfide) groups is 1. The molecule has 1 aliphatic heterocycles. The summed E-state index contributed by atoms with van der Waals surface area (Å²) in [5.41, 5.74) is 0.0187. The molecular formula is C11H15N3O3S2. The lowest BCUT2D eigenvalue weighted by molar-refractivity contribution is 0.0691. The van der Waals surface area contributed by atoms with Gasteiger partial charge in [-0.1, -0.05) is 0 Å². The van der Waals surface area contributed by atoms with Crippen molar-refractivity contribution < 1.29 is 14.7 Å². The Hall–Kier alpha value is -1.28. The molecule has 0 aliphatic carbocycles. The molecule has 6 nitrogen and oxygen atoms in total. The van der Waals surface area contributed by atoms with Crippen molar-refractivity contribution in [2.45, 2.75) is 13.0 Å². The van der Waals surface area contributed by atoms with Crippen LogP contribution in [0.25, 0.3) is 0 Å². The van der Waals surface area contributed by atoms with E-state index in [1.807, 2.05) is 11.8 Å². The molecule has 1 atom stereocenters. The summed E-state index contributed by atoms with van der Waals surface area (Å²) in [4.78, 5) is 26.1. The molecule has 0 bridgehead atoms. The zero-order valence-electron chi connectivity index (χ0n) is 10.2. The van der Waals surface area contributed by atoms with E-state index in [4.69, 9.17) is 5.11 Å². The molecule has 2 rings (SSSR count). The average Bonchev–Trinajstić information content (AvgIpc) is 3.05. The van der Waals surface area contributed by atoms with Crippen LogP contribution in [0.2, 0.25) is 0 Å². The predicted octanol–water partition coefficient (Wildman–Crippen LogP) is 1.39. The molecule has 2 heterocycles. The average molecular weight is 301 g/mol. The SMILES string of the molecule is O=C(NCc1nc(C(=O)O)cs1)NCC1CCSC1. The molecule has 0 saturated carbocycles. The third-order valence-electron chi connectivity index (χ3n) is 2.75. The number of hydrogen-bond donors (Lipinski definition) is 3. The van der Waals surface area contributed by atoms with Crippen LogP contribution < -0.4 is 10.6 Å². The number of carbonyl (C=O) groups is 2. The Morgan fingerprint density at radius 2 is 2.32 bits per heavy atom. The summed E-state index contributed by atoms with van der Waals surface area (Å²) in [6.45, 7) is 0.945. The highest BCUT2D eigenvalue weighted by Gasteiger charge is 2.16. The second-order valence-electron chi connectivity index (χ2n) is 4.22. The van der Waals surface area contributed by atoms with Crippen LogP contribution in [-0.2, 0) is 6.54 Å². The molecule has 1 aromatic heterocycles. The molecular weight excluding hydrogens is 286 g/mol. The summed E-state index contributed by atoms with van der Waals surface area (Å²) in [7, 11) is 0. The Bertz CT molecular complexity index is 458. The Labute approximate surface area is 119 Å². The van der Waals surface area contributed by atoms with Crippen molar-refractivity contribution in [2.75, 3.05) is 18.1 Å². The quantitative estimate of drug-likeness (QED) is 0.764. The first-order valence-electron chi connectivity index (χ1n) is 5.92. The number of nitrogens with one attached hydrogen (secondary N) is 2. The van der Waals surface area contributed by atoms with E-state index in [1.165, 1.54) is 22.5 Å². The number of carboxylic acids is 1. The smallest absolute Gasteiger partial charge is 0.355 e. The Morgan fingerprint density at radius 3 is 2.95 bits per heavy atom. The number of carboxylic acid groups (broad SMARTS) is 1. The summed E-state index contributed by atoms with van der Waals surface area (Å²) in [5.74, 6) is 1.79. The molecule has 1 aromatic rings. The molecule has 1 saturated heterocycles. The fraction of sp³-hybridized carbons (Fsp3) is 0.545. The van der Waals surface area contributed by atoms with Gasteiger partial charge >= 0.3 is 12.0 Å². The summed E-state index contributed by atoms with van der Waals surface area (Å²) in [6, 6.07) is -0.232. The first-order chi connectivity index (χ1) is 9.15. The Kier molecular flexibility index (Phi) is 5.03. The van der Waals surface area contributed by atoms with Crippen LogP contribution in [0.1, 0.15) is 21.9 Å². The highest BCUT2D eigenvalue weighted by Crippen LogP contribution is 2.22. The fourth-order valence-electron chi connectivity index (χ4n) is 1.69. The van der Waals surface area contributed by atoms with Crippen LogP contribution in [0.3, 0.4) is 0 Å². The molecule has 1 fully saturated rings. The van der Waals surface area contributed by atoms with Crippen molar-refractivity contribution in [1.82, 2.24) is 15.6 Å². The summed E-state index contributed by atoms with van der Waals surface area (Å²) in [5, 5.41) is 16.3.